The molecule has 1 N–H and O–H groups in total. The number of nitrogens with zero attached hydrogens (tertiary/aromatic N) is 2. The highest BCUT2D eigenvalue weighted by Gasteiger charge is 2.11. The highest BCUT2D eigenvalue weighted by molar-refractivity contribution is 4.73. The van der Waals surface area contributed by atoms with Gasteiger partial charge in [0.2, 0.25) is 0 Å². The van der Waals surface area contributed by atoms with Gasteiger partial charge in [0.05, 0.1) is 12.9 Å². The Labute approximate surface area is 97.0 Å². The summed E-state index contributed by atoms with van der Waals surface area (Å²) in [5.74, 6) is 0.821. The molecule has 0 aliphatic carbocycles. The van der Waals surface area contributed by atoms with E-state index in [1.54, 1.807) is 6.20 Å². The van der Waals surface area contributed by atoms with Gasteiger partial charge in [0.25, 0.3) is 0 Å². The fourth-order valence-electron chi connectivity index (χ4n) is 2.11. The molecular formula is C12H21N3O. The molecule has 0 spiro atoms. The Hall–Kier alpha value is -0.870. The molecule has 1 aliphatic rings. The molecule has 1 fully saturated rings. The van der Waals surface area contributed by atoms with Crippen molar-refractivity contribution in [1.29, 1.82) is 0 Å². The van der Waals surface area contributed by atoms with Crippen molar-refractivity contribution in [2.75, 3.05) is 26.3 Å². The summed E-state index contributed by atoms with van der Waals surface area (Å²) in [7, 11) is 0. The van der Waals surface area contributed by atoms with Gasteiger partial charge >= 0.3 is 0 Å². The average molecular weight is 223 g/mol. The zero-order valence-electron chi connectivity index (χ0n) is 9.77. The van der Waals surface area contributed by atoms with Crippen molar-refractivity contribution in [3.63, 3.8) is 0 Å². The first-order valence-corrected chi connectivity index (χ1v) is 6.19. The zero-order chi connectivity index (χ0) is 11.1. The number of rotatable bonds is 6. The number of ether oxygens (including phenoxy) is 1. The standard InChI is InChI=1S/C12H21N3O/c1-2-12(10-13-4-1)3-8-16-9-7-15-6-5-14-11-15/h5-6,11-13H,1-4,7-10H2. The van der Waals surface area contributed by atoms with E-state index in [9.17, 15) is 0 Å². The maximum absolute atomic E-state index is 5.63. The molecule has 1 aromatic rings. The van der Waals surface area contributed by atoms with Gasteiger partial charge in [-0.1, -0.05) is 0 Å². The molecule has 0 amide bonds. The van der Waals surface area contributed by atoms with Crippen LogP contribution in [0.5, 0.6) is 0 Å². The van der Waals surface area contributed by atoms with Crippen molar-refractivity contribution in [1.82, 2.24) is 14.9 Å². The highest BCUT2D eigenvalue weighted by atomic mass is 16.5. The predicted molar refractivity (Wildman–Crippen MR) is 63.3 cm³/mol. The second-order valence-electron chi connectivity index (χ2n) is 4.41. The van der Waals surface area contributed by atoms with E-state index in [0.29, 0.717) is 0 Å². The first-order valence-electron chi connectivity index (χ1n) is 6.19. The van der Waals surface area contributed by atoms with Crippen LogP contribution in [-0.4, -0.2) is 35.9 Å². The quantitative estimate of drug-likeness (QED) is 0.739. The van der Waals surface area contributed by atoms with Crippen molar-refractivity contribution < 1.29 is 4.74 Å². The molecule has 2 heterocycles. The third kappa shape index (κ3) is 3.94. The number of aromatic nitrogens is 2. The Morgan fingerprint density at radius 2 is 2.44 bits per heavy atom. The summed E-state index contributed by atoms with van der Waals surface area (Å²) in [6.45, 7) is 4.95. The number of piperidine rings is 1. The maximum Gasteiger partial charge on any atom is 0.0946 e. The Balaban J connectivity index is 1.48. The summed E-state index contributed by atoms with van der Waals surface area (Å²) in [6, 6.07) is 0. The normalized spacial score (nSPS) is 21.1. The fraction of sp³-hybridized carbons (Fsp3) is 0.750. The smallest absolute Gasteiger partial charge is 0.0946 e. The lowest BCUT2D eigenvalue weighted by Gasteiger charge is -2.22. The number of nitrogens with one attached hydrogen (secondary N) is 1. The summed E-state index contributed by atoms with van der Waals surface area (Å²) >= 11 is 0. The van der Waals surface area contributed by atoms with Gasteiger partial charge < -0.3 is 14.6 Å². The molecule has 1 aromatic heterocycles. The lowest BCUT2D eigenvalue weighted by atomic mass is 9.97. The molecular weight excluding hydrogens is 202 g/mol. The van der Waals surface area contributed by atoms with Gasteiger partial charge in [-0.15, -0.1) is 0 Å². The second-order valence-corrected chi connectivity index (χ2v) is 4.41. The number of hydrogen-bond donors (Lipinski definition) is 1. The van der Waals surface area contributed by atoms with Crippen LogP contribution >= 0.6 is 0 Å². The van der Waals surface area contributed by atoms with Crippen LogP contribution in [0.25, 0.3) is 0 Å². The van der Waals surface area contributed by atoms with E-state index in [4.69, 9.17) is 4.74 Å². The largest absolute Gasteiger partial charge is 0.380 e. The highest BCUT2D eigenvalue weighted by Crippen LogP contribution is 2.13. The SMILES string of the molecule is c1cn(CCOCCC2CCCNC2)cn1. The summed E-state index contributed by atoms with van der Waals surface area (Å²) in [5, 5.41) is 3.43. The minimum Gasteiger partial charge on any atom is -0.380 e. The van der Waals surface area contributed by atoms with Gasteiger partial charge in [-0.2, -0.15) is 0 Å². The minimum absolute atomic E-state index is 0.788. The summed E-state index contributed by atoms with van der Waals surface area (Å²) in [5.41, 5.74) is 0. The van der Waals surface area contributed by atoms with Crippen LogP contribution in [0.4, 0.5) is 0 Å². The topological polar surface area (TPSA) is 39.1 Å². The summed E-state index contributed by atoms with van der Waals surface area (Å²) < 4.78 is 7.68. The van der Waals surface area contributed by atoms with Gasteiger partial charge in [0.15, 0.2) is 0 Å². The number of hydrogen-bond acceptors (Lipinski definition) is 3. The lowest BCUT2D eigenvalue weighted by molar-refractivity contribution is 0.109. The fourth-order valence-corrected chi connectivity index (χ4v) is 2.11. The zero-order valence-corrected chi connectivity index (χ0v) is 9.77. The van der Waals surface area contributed by atoms with Gasteiger partial charge in [-0.25, -0.2) is 4.98 Å². The molecule has 2 rings (SSSR count). The van der Waals surface area contributed by atoms with Crippen molar-refractivity contribution in [2.45, 2.75) is 25.8 Å². The Morgan fingerprint density at radius 3 is 3.19 bits per heavy atom. The van der Waals surface area contributed by atoms with Crippen molar-refractivity contribution >= 4 is 0 Å². The van der Waals surface area contributed by atoms with E-state index in [2.05, 4.69) is 10.3 Å². The van der Waals surface area contributed by atoms with Gasteiger partial charge in [0.1, 0.15) is 0 Å². The predicted octanol–water partition coefficient (Wildman–Crippen LogP) is 1.29. The Kier molecular flexibility index (Phi) is 4.83. The van der Waals surface area contributed by atoms with Crippen LogP contribution in [0.2, 0.25) is 0 Å². The van der Waals surface area contributed by atoms with Crippen molar-refractivity contribution in [2.24, 2.45) is 5.92 Å². The van der Waals surface area contributed by atoms with Crippen LogP contribution in [0.1, 0.15) is 19.3 Å². The molecule has 1 atom stereocenters. The molecule has 0 saturated carbocycles. The van der Waals surface area contributed by atoms with E-state index in [0.717, 1.165) is 25.7 Å². The average Bonchev–Trinajstić information content (AvgIpc) is 2.83. The third-order valence-corrected chi connectivity index (χ3v) is 3.12. The van der Waals surface area contributed by atoms with Gasteiger partial charge in [-0.3, -0.25) is 0 Å². The second kappa shape index (κ2) is 6.66. The van der Waals surface area contributed by atoms with Gasteiger partial charge in [-0.05, 0) is 38.3 Å². The summed E-state index contributed by atoms with van der Waals surface area (Å²) in [6.07, 6.45) is 9.46. The van der Waals surface area contributed by atoms with Crippen LogP contribution < -0.4 is 5.32 Å². The van der Waals surface area contributed by atoms with Crippen LogP contribution in [-0.2, 0) is 11.3 Å². The summed E-state index contributed by atoms with van der Waals surface area (Å²) in [4.78, 5) is 3.99. The van der Waals surface area contributed by atoms with E-state index in [1.165, 1.54) is 32.4 Å². The molecule has 4 heteroatoms. The molecule has 16 heavy (non-hydrogen) atoms. The molecule has 0 radical (unpaired) electrons. The van der Waals surface area contributed by atoms with E-state index in [-0.39, 0.29) is 0 Å². The van der Waals surface area contributed by atoms with Crippen LogP contribution in [0, 0.1) is 5.92 Å². The van der Waals surface area contributed by atoms with E-state index in [1.807, 2.05) is 17.1 Å². The first kappa shape index (κ1) is 11.6. The van der Waals surface area contributed by atoms with Crippen molar-refractivity contribution in [3.05, 3.63) is 18.7 Å². The van der Waals surface area contributed by atoms with Crippen molar-refractivity contribution in [3.8, 4) is 0 Å². The van der Waals surface area contributed by atoms with Crippen LogP contribution in [0.3, 0.4) is 0 Å². The molecule has 1 saturated heterocycles. The first-order chi connectivity index (χ1) is 7.95. The maximum atomic E-state index is 5.63. The van der Waals surface area contributed by atoms with E-state index >= 15 is 0 Å². The van der Waals surface area contributed by atoms with Gasteiger partial charge in [0, 0.05) is 25.5 Å². The Morgan fingerprint density at radius 1 is 1.44 bits per heavy atom. The Bertz CT molecular complexity index is 268. The molecule has 1 unspecified atom stereocenters. The molecule has 90 valence electrons. The van der Waals surface area contributed by atoms with Crippen LogP contribution in [0.15, 0.2) is 18.7 Å². The molecule has 0 bridgehead atoms. The third-order valence-electron chi connectivity index (χ3n) is 3.12. The molecule has 1 aliphatic heterocycles. The lowest BCUT2D eigenvalue weighted by Crippen LogP contribution is -2.30. The minimum atomic E-state index is 0.788. The van der Waals surface area contributed by atoms with E-state index < -0.39 is 0 Å². The monoisotopic (exact) mass is 223 g/mol. The molecule has 4 nitrogen and oxygen atoms in total. The number of imidazole rings is 1. The molecule has 0 aromatic carbocycles.